The van der Waals surface area contributed by atoms with Gasteiger partial charge in [0.25, 0.3) is 5.91 Å². The summed E-state index contributed by atoms with van der Waals surface area (Å²) in [4.78, 5) is 27.7. The van der Waals surface area contributed by atoms with E-state index in [1.165, 1.54) is 0 Å². The van der Waals surface area contributed by atoms with E-state index in [0.29, 0.717) is 68.4 Å². The average molecular weight is 520 g/mol. The van der Waals surface area contributed by atoms with Crippen LogP contribution in [0.5, 0.6) is 0 Å². The fraction of sp³-hybridized carbons (Fsp3) is 0.393. The van der Waals surface area contributed by atoms with Gasteiger partial charge in [0.1, 0.15) is 5.69 Å². The molecule has 3 aromatic rings. The van der Waals surface area contributed by atoms with Crippen LogP contribution in [0, 0.1) is 5.92 Å². The second-order valence-corrected chi connectivity index (χ2v) is 9.82. The number of oxime groups is 1. The van der Waals surface area contributed by atoms with Crippen LogP contribution in [0.15, 0.2) is 53.7 Å². The van der Waals surface area contributed by atoms with Crippen LogP contribution in [0.25, 0.3) is 10.9 Å². The molecule has 4 rings (SSSR count). The second-order valence-electron chi connectivity index (χ2n) is 9.82. The maximum Gasteiger partial charge on any atom is 0.270 e. The van der Waals surface area contributed by atoms with E-state index < -0.39 is 0 Å². The molecule has 0 aliphatic carbocycles. The van der Waals surface area contributed by atoms with Gasteiger partial charge in [-0.1, -0.05) is 29.4 Å². The summed E-state index contributed by atoms with van der Waals surface area (Å²) in [6.45, 7) is 3.00. The number of benzene rings is 2. The predicted molar refractivity (Wildman–Crippen MR) is 149 cm³/mol. The zero-order chi connectivity index (χ0) is 27.1. The van der Waals surface area contributed by atoms with Gasteiger partial charge in [-0.2, -0.15) is 0 Å². The summed E-state index contributed by atoms with van der Waals surface area (Å²) in [5.41, 5.74) is 20.7. The summed E-state index contributed by atoms with van der Waals surface area (Å²) in [6.07, 6.45) is 3.91. The smallest absolute Gasteiger partial charge is 0.270 e. The largest absolute Gasteiger partial charge is 0.409 e. The third kappa shape index (κ3) is 6.32. The van der Waals surface area contributed by atoms with Gasteiger partial charge in [0.05, 0.1) is 0 Å². The van der Waals surface area contributed by atoms with Crippen molar-refractivity contribution in [1.82, 2.24) is 9.47 Å². The topological polar surface area (TPSA) is 165 Å². The number of nitrogens with zero attached hydrogens (tertiary/aromatic N) is 3. The van der Waals surface area contributed by atoms with Crippen molar-refractivity contribution in [2.45, 2.75) is 38.6 Å². The van der Waals surface area contributed by atoms with Crippen LogP contribution >= 0.6 is 0 Å². The summed E-state index contributed by atoms with van der Waals surface area (Å²) < 4.78 is 1.98. The minimum absolute atomic E-state index is 0.00392. The molecular formula is C28H37N7O3. The lowest BCUT2D eigenvalue weighted by Crippen LogP contribution is -2.39. The Labute approximate surface area is 222 Å². The summed E-state index contributed by atoms with van der Waals surface area (Å²) in [5, 5.41) is 16.1. The molecule has 0 radical (unpaired) electrons. The Morgan fingerprint density at radius 1 is 1.03 bits per heavy atom. The number of nitrogens with one attached hydrogen (secondary N) is 1. The molecule has 0 saturated carbocycles. The summed E-state index contributed by atoms with van der Waals surface area (Å²) in [6, 6.07) is 15.0. The van der Waals surface area contributed by atoms with Crippen LogP contribution in [0.2, 0.25) is 0 Å². The highest BCUT2D eigenvalue weighted by atomic mass is 16.4. The molecule has 1 aromatic heterocycles. The van der Waals surface area contributed by atoms with E-state index in [9.17, 15) is 14.8 Å². The molecule has 10 nitrogen and oxygen atoms in total. The molecule has 202 valence electrons. The van der Waals surface area contributed by atoms with Gasteiger partial charge in [-0.05, 0) is 74.5 Å². The van der Waals surface area contributed by atoms with Crippen molar-refractivity contribution in [2.75, 3.05) is 31.5 Å². The summed E-state index contributed by atoms with van der Waals surface area (Å²) in [5.74, 6) is 0.483. The van der Waals surface area contributed by atoms with Crippen molar-refractivity contribution >= 4 is 34.2 Å². The van der Waals surface area contributed by atoms with E-state index in [-0.39, 0.29) is 17.6 Å². The van der Waals surface area contributed by atoms with Crippen molar-refractivity contribution in [2.24, 2.45) is 28.3 Å². The summed E-state index contributed by atoms with van der Waals surface area (Å²) in [7, 11) is 0. The van der Waals surface area contributed by atoms with Crippen LogP contribution < -0.4 is 22.5 Å². The van der Waals surface area contributed by atoms with E-state index >= 15 is 0 Å². The lowest BCUT2D eigenvalue weighted by Gasteiger charge is -2.32. The molecule has 8 N–H and O–H groups in total. The Balaban J connectivity index is 1.62. The Morgan fingerprint density at radius 2 is 1.76 bits per heavy atom. The zero-order valence-electron chi connectivity index (χ0n) is 21.6. The number of fused-ring (bicyclic) bond motifs is 1. The molecule has 1 fully saturated rings. The van der Waals surface area contributed by atoms with Crippen molar-refractivity contribution in [3.63, 3.8) is 0 Å². The molecule has 0 atom stereocenters. The first-order chi connectivity index (χ1) is 18.4. The minimum Gasteiger partial charge on any atom is -0.409 e. The molecule has 10 heteroatoms. The van der Waals surface area contributed by atoms with Gasteiger partial charge in [-0.3, -0.25) is 9.59 Å². The third-order valence-electron chi connectivity index (χ3n) is 7.19. The Morgan fingerprint density at radius 3 is 2.42 bits per heavy atom. The van der Waals surface area contributed by atoms with Crippen LogP contribution in [0.1, 0.15) is 53.7 Å². The molecule has 1 aliphatic heterocycles. The van der Waals surface area contributed by atoms with E-state index in [2.05, 4.69) is 10.5 Å². The molecule has 0 spiro atoms. The van der Waals surface area contributed by atoms with Gasteiger partial charge in [-0.15, -0.1) is 0 Å². The number of nitrogens with two attached hydrogens (primary N) is 3. The number of hydrogen-bond acceptors (Lipinski definition) is 6. The monoisotopic (exact) mass is 519 g/mol. The zero-order valence-corrected chi connectivity index (χ0v) is 21.6. The minimum atomic E-state index is -0.0709. The Bertz CT molecular complexity index is 1290. The van der Waals surface area contributed by atoms with Crippen LogP contribution in [0.4, 0.5) is 5.69 Å². The molecular weight excluding hydrogens is 482 g/mol. The number of amides is 2. The number of hydrogen-bond donors (Lipinski definition) is 5. The van der Waals surface area contributed by atoms with E-state index in [1.807, 2.05) is 51.9 Å². The molecule has 2 aromatic carbocycles. The van der Waals surface area contributed by atoms with Gasteiger partial charge < -0.3 is 37.2 Å². The van der Waals surface area contributed by atoms with Crippen LogP contribution in [-0.4, -0.2) is 58.5 Å². The van der Waals surface area contributed by atoms with Gasteiger partial charge >= 0.3 is 0 Å². The highest BCUT2D eigenvalue weighted by Crippen LogP contribution is 2.27. The van der Waals surface area contributed by atoms with Gasteiger partial charge in [0, 0.05) is 48.2 Å². The first-order valence-electron chi connectivity index (χ1n) is 13.1. The maximum atomic E-state index is 13.7. The predicted octanol–water partition coefficient (Wildman–Crippen LogP) is 2.66. The van der Waals surface area contributed by atoms with Crippen LogP contribution in [-0.2, 0) is 11.3 Å². The maximum absolute atomic E-state index is 13.7. The number of likely N-dealkylation sites (tertiary alicyclic amines) is 1. The Hall–Kier alpha value is -3.89. The molecule has 38 heavy (non-hydrogen) atoms. The van der Waals surface area contributed by atoms with E-state index in [1.54, 1.807) is 6.07 Å². The molecule has 1 aliphatic rings. The first kappa shape index (κ1) is 27.2. The number of rotatable bonds is 10. The van der Waals surface area contributed by atoms with Gasteiger partial charge in [-0.25, -0.2) is 0 Å². The molecule has 0 bridgehead atoms. The number of piperidine rings is 1. The van der Waals surface area contributed by atoms with Crippen molar-refractivity contribution in [3.05, 3.63) is 65.4 Å². The first-order valence-corrected chi connectivity index (χ1v) is 13.1. The fourth-order valence-corrected chi connectivity index (χ4v) is 5.00. The highest BCUT2D eigenvalue weighted by Gasteiger charge is 2.26. The van der Waals surface area contributed by atoms with Crippen LogP contribution in [0.3, 0.4) is 0 Å². The van der Waals surface area contributed by atoms with E-state index in [4.69, 9.17) is 17.2 Å². The molecule has 2 amide bonds. The van der Waals surface area contributed by atoms with Crippen molar-refractivity contribution in [1.29, 1.82) is 0 Å². The van der Waals surface area contributed by atoms with E-state index in [0.717, 1.165) is 35.7 Å². The third-order valence-corrected chi connectivity index (χ3v) is 7.19. The standard InChI is InChI=1S/C28H37N7O3/c29-12-1-2-26(36)32-23-7-3-20(4-8-23)18-35-24-17-22(27(31)33-38)6-5-21(24)16-25(35)28(37)34-14-10-19(9-13-30)11-15-34/h3-8,16-17,19,38H,1-2,9-15,18,29-30H2,(H2,31,33)(H,32,36). The number of anilines is 1. The molecule has 0 unspecified atom stereocenters. The number of carbonyl (C=O) groups excluding carboxylic acids is 2. The van der Waals surface area contributed by atoms with Crippen molar-refractivity contribution < 1.29 is 14.8 Å². The van der Waals surface area contributed by atoms with Gasteiger partial charge in [0.15, 0.2) is 5.84 Å². The normalized spacial score (nSPS) is 14.7. The lowest BCUT2D eigenvalue weighted by atomic mass is 9.93. The lowest BCUT2D eigenvalue weighted by molar-refractivity contribution is -0.116. The SMILES string of the molecule is NCCCC(=O)Nc1ccc(Cn2c(C(=O)N3CCC(CCN)CC3)cc3ccc(/C(N)=N/O)cc32)cc1. The second kappa shape index (κ2) is 12.6. The fourth-order valence-electron chi connectivity index (χ4n) is 5.00. The Kier molecular flexibility index (Phi) is 8.98. The molecule has 1 saturated heterocycles. The number of aromatic nitrogens is 1. The molecule has 2 heterocycles. The summed E-state index contributed by atoms with van der Waals surface area (Å²) >= 11 is 0. The quantitative estimate of drug-likeness (QED) is 0.120. The van der Waals surface area contributed by atoms with Crippen molar-refractivity contribution in [3.8, 4) is 0 Å². The highest BCUT2D eigenvalue weighted by molar-refractivity contribution is 6.03. The number of amidine groups is 1. The average Bonchev–Trinajstić information content (AvgIpc) is 3.30. The number of carbonyl (C=O) groups is 2. The van der Waals surface area contributed by atoms with Gasteiger partial charge in [0.2, 0.25) is 5.91 Å².